The molecule has 18 heavy (non-hydrogen) atoms. The molecule has 1 aromatic carbocycles. The fourth-order valence-electron chi connectivity index (χ4n) is 2.80. The zero-order chi connectivity index (χ0) is 13.0. The predicted octanol–water partition coefficient (Wildman–Crippen LogP) is 3.31. The van der Waals surface area contributed by atoms with E-state index in [1.807, 2.05) is 12.1 Å². The van der Waals surface area contributed by atoms with Crippen molar-refractivity contribution in [3.05, 3.63) is 35.4 Å². The fraction of sp³-hybridized carbons (Fsp3) is 0.533. The normalized spacial score (nSPS) is 23.8. The molecule has 1 aliphatic rings. The lowest BCUT2D eigenvalue weighted by Crippen LogP contribution is -2.17. The average molecular weight is 248 g/mol. The van der Waals surface area contributed by atoms with E-state index in [1.165, 1.54) is 31.2 Å². The number of aromatic carboxylic acids is 1. The van der Waals surface area contributed by atoms with Crippen LogP contribution in [0.2, 0.25) is 0 Å². The molecule has 2 rings (SSSR count). The summed E-state index contributed by atoms with van der Waals surface area (Å²) in [5.41, 5.74) is 1.64. The van der Waals surface area contributed by atoms with Gasteiger partial charge in [-0.25, -0.2) is 4.79 Å². The molecule has 98 valence electrons. The number of carboxylic acid groups (broad SMARTS) is 1. The lowest BCUT2D eigenvalue weighted by Gasteiger charge is -2.28. The standard InChI is InChI=1S/C15H20O3/c1-18-10-11-2-4-12(5-3-11)13-6-8-14(9-7-13)15(16)17/h6-9,11-12H,2-5,10H2,1H3,(H,16,17)/t11-,12-. The highest BCUT2D eigenvalue weighted by Crippen LogP contribution is 2.35. The van der Waals surface area contributed by atoms with E-state index in [0.717, 1.165) is 6.61 Å². The maximum absolute atomic E-state index is 10.8. The van der Waals surface area contributed by atoms with E-state index in [1.54, 1.807) is 19.2 Å². The minimum Gasteiger partial charge on any atom is -0.478 e. The van der Waals surface area contributed by atoms with Crippen molar-refractivity contribution < 1.29 is 14.6 Å². The van der Waals surface area contributed by atoms with E-state index in [4.69, 9.17) is 9.84 Å². The number of carbonyl (C=O) groups is 1. The lowest BCUT2D eigenvalue weighted by molar-refractivity contribution is 0.0697. The second kappa shape index (κ2) is 6.01. The van der Waals surface area contributed by atoms with E-state index < -0.39 is 5.97 Å². The summed E-state index contributed by atoms with van der Waals surface area (Å²) in [6.07, 6.45) is 4.78. The largest absolute Gasteiger partial charge is 0.478 e. The molecule has 1 saturated carbocycles. The SMILES string of the molecule is COC[C@H]1CC[C@H](c2ccc(C(=O)O)cc2)CC1. The highest BCUT2D eigenvalue weighted by molar-refractivity contribution is 5.87. The van der Waals surface area contributed by atoms with Gasteiger partial charge >= 0.3 is 5.97 Å². The first kappa shape index (κ1) is 13.1. The molecule has 0 spiro atoms. The second-order valence-corrected chi connectivity index (χ2v) is 5.10. The Balaban J connectivity index is 1.95. The van der Waals surface area contributed by atoms with E-state index in [0.29, 0.717) is 17.4 Å². The molecular formula is C15H20O3. The summed E-state index contributed by atoms with van der Waals surface area (Å²) in [5, 5.41) is 8.87. The Morgan fingerprint density at radius 3 is 2.33 bits per heavy atom. The Kier molecular flexibility index (Phi) is 4.37. The first-order chi connectivity index (χ1) is 8.70. The van der Waals surface area contributed by atoms with Crippen LogP contribution in [-0.4, -0.2) is 24.8 Å². The van der Waals surface area contributed by atoms with Gasteiger partial charge in [0.05, 0.1) is 5.56 Å². The molecule has 1 aromatic rings. The van der Waals surface area contributed by atoms with Gasteiger partial charge in [-0.05, 0) is 55.2 Å². The predicted molar refractivity (Wildman–Crippen MR) is 70.0 cm³/mol. The van der Waals surface area contributed by atoms with E-state index >= 15 is 0 Å². The third-order valence-electron chi connectivity index (χ3n) is 3.88. The van der Waals surface area contributed by atoms with Crippen molar-refractivity contribution in [3.8, 4) is 0 Å². The summed E-state index contributed by atoms with van der Waals surface area (Å²) >= 11 is 0. The van der Waals surface area contributed by atoms with Gasteiger partial charge in [0.25, 0.3) is 0 Å². The Morgan fingerprint density at radius 1 is 1.22 bits per heavy atom. The van der Waals surface area contributed by atoms with Gasteiger partial charge in [-0.1, -0.05) is 12.1 Å². The van der Waals surface area contributed by atoms with Crippen LogP contribution in [0, 0.1) is 5.92 Å². The van der Waals surface area contributed by atoms with Crippen molar-refractivity contribution in [2.75, 3.05) is 13.7 Å². The van der Waals surface area contributed by atoms with Gasteiger partial charge < -0.3 is 9.84 Å². The summed E-state index contributed by atoms with van der Waals surface area (Å²) in [6.45, 7) is 0.866. The summed E-state index contributed by atoms with van der Waals surface area (Å²) < 4.78 is 5.20. The molecule has 1 aliphatic carbocycles. The minimum absolute atomic E-state index is 0.367. The zero-order valence-electron chi connectivity index (χ0n) is 10.8. The molecular weight excluding hydrogens is 228 g/mol. The molecule has 0 radical (unpaired) electrons. The maximum Gasteiger partial charge on any atom is 0.335 e. The first-order valence-corrected chi connectivity index (χ1v) is 6.53. The molecule has 0 aliphatic heterocycles. The Labute approximate surface area is 108 Å². The van der Waals surface area contributed by atoms with Gasteiger partial charge in [-0.15, -0.1) is 0 Å². The summed E-state index contributed by atoms with van der Waals surface area (Å²) in [5.74, 6) is 0.427. The Morgan fingerprint density at radius 2 is 1.83 bits per heavy atom. The van der Waals surface area contributed by atoms with E-state index in [2.05, 4.69) is 0 Å². The van der Waals surface area contributed by atoms with Gasteiger partial charge in [0.1, 0.15) is 0 Å². The van der Waals surface area contributed by atoms with Crippen molar-refractivity contribution in [3.63, 3.8) is 0 Å². The van der Waals surface area contributed by atoms with Crippen molar-refractivity contribution in [2.45, 2.75) is 31.6 Å². The van der Waals surface area contributed by atoms with E-state index in [-0.39, 0.29) is 0 Å². The molecule has 1 N–H and O–H groups in total. The molecule has 0 bridgehead atoms. The lowest BCUT2D eigenvalue weighted by atomic mass is 9.79. The highest BCUT2D eigenvalue weighted by atomic mass is 16.5. The minimum atomic E-state index is -0.856. The fourth-order valence-corrected chi connectivity index (χ4v) is 2.80. The van der Waals surface area contributed by atoms with Crippen LogP contribution in [-0.2, 0) is 4.74 Å². The first-order valence-electron chi connectivity index (χ1n) is 6.53. The molecule has 1 fully saturated rings. The molecule has 0 unspecified atom stereocenters. The molecule has 0 amide bonds. The molecule has 0 atom stereocenters. The van der Waals surface area contributed by atoms with Crippen molar-refractivity contribution in [2.24, 2.45) is 5.92 Å². The number of ether oxygens (including phenoxy) is 1. The summed E-state index contributed by atoms with van der Waals surface area (Å²) in [7, 11) is 1.76. The van der Waals surface area contributed by atoms with Gasteiger partial charge in [-0.3, -0.25) is 0 Å². The van der Waals surface area contributed by atoms with Crippen LogP contribution in [0.15, 0.2) is 24.3 Å². The maximum atomic E-state index is 10.8. The molecule has 0 heterocycles. The monoisotopic (exact) mass is 248 g/mol. The number of hydrogen-bond donors (Lipinski definition) is 1. The smallest absolute Gasteiger partial charge is 0.335 e. The quantitative estimate of drug-likeness (QED) is 0.889. The number of carboxylic acids is 1. The van der Waals surface area contributed by atoms with Gasteiger partial charge in [0.15, 0.2) is 0 Å². The van der Waals surface area contributed by atoms with Crippen LogP contribution in [0.5, 0.6) is 0 Å². The van der Waals surface area contributed by atoms with E-state index in [9.17, 15) is 4.79 Å². The van der Waals surface area contributed by atoms with Crippen LogP contribution in [0.25, 0.3) is 0 Å². The second-order valence-electron chi connectivity index (χ2n) is 5.10. The Hall–Kier alpha value is -1.35. The van der Waals surface area contributed by atoms with Gasteiger partial charge in [-0.2, -0.15) is 0 Å². The third-order valence-corrected chi connectivity index (χ3v) is 3.88. The number of rotatable bonds is 4. The van der Waals surface area contributed by atoms with Crippen LogP contribution in [0.4, 0.5) is 0 Å². The molecule has 3 nitrogen and oxygen atoms in total. The molecule has 3 heteroatoms. The van der Waals surface area contributed by atoms with Crippen molar-refractivity contribution >= 4 is 5.97 Å². The number of methoxy groups -OCH3 is 1. The highest BCUT2D eigenvalue weighted by Gasteiger charge is 2.22. The average Bonchev–Trinajstić information content (AvgIpc) is 2.40. The topological polar surface area (TPSA) is 46.5 Å². The van der Waals surface area contributed by atoms with Crippen LogP contribution >= 0.6 is 0 Å². The van der Waals surface area contributed by atoms with Crippen molar-refractivity contribution in [1.29, 1.82) is 0 Å². The number of hydrogen-bond acceptors (Lipinski definition) is 2. The Bertz CT molecular complexity index is 389. The third kappa shape index (κ3) is 3.10. The number of benzene rings is 1. The van der Waals surface area contributed by atoms with Crippen LogP contribution in [0.1, 0.15) is 47.5 Å². The summed E-state index contributed by atoms with van der Waals surface area (Å²) in [4.78, 5) is 10.8. The molecule has 0 aromatic heterocycles. The van der Waals surface area contributed by atoms with Gasteiger partial charge in [0.2, 0.25) is 0 Å². The van der Waals surface area contributed by atoms with Gasteiger partial charge in [0, 0.05) is 13.7 Å². The molecule has 0 saturated heterocycles. The van der Waals surface area contributed by atoms with Crippen LogP contribution < -0.4 is 0 Å². The van der Waals surface area contributed by atoms with Crippen LogP contribution in [0.3, 0.4) is 0 Å². The zero-order valence-corrected chi connectivity index (χ0v) is 10.8. The van der Waals surface area contributed by atoms with Crippen molar-refractivity contribution in [1.82, 2.24) is 0 Å². The summed E-state index contributed by atoms with van der Waals surface area (Å²) in [6, 6.07) is 7.34.